The van der Waals surface area contributed by atoms with Crippen LogP contribution in [0.1, 0.15) is 12.0 Å². The number of aliphatic hydroxyl groups excluding tert-OH is 1. The molecule has 1 unspecified atom stereocenters. The Kier molecular flexibility index (Phi) is 3.05. The van der Waals surface area contributed by atoms with E-state index in [1.165, 1.54) is 5.56 Å². The SMILES string of the molecule is Cc1ccsc1-c1nc2n(n1)CC(CCO)CN2. The average molecular weight is 264 g/mol. The van der Waals surface area contributed by atoms with Crippen molar-refractivity contribution in [1.29, 1.82) is 0 Å². The van der Waals surface area contributed by atoms with Crippen molar-refractivity contribution >= 4 is 17.3 Å². The van der Waals surface area contributed by atoms with E-state index in [0.717, 1.165) is 36.2 Å². The van der Waals surface area contributed by atoms with E-state index >= 15 is 0 Å². The van der Waals surface area contributed by atoms with E-state index in [1.54, 1.807) is 11.3 Å². The highest BCUT2D eigenvalue weighted by Crippen LogP contribution is 2.28. The zero-order chi connectivity index (χ0) is 12.5. The van der Waals surface area contributed by atoms with Crippen LogP contribution in [0, 0.1) is 12.8 Å². The number of fused-ring (bicyclic) bond motifs is 1. The lowest BCUT2D eigenvalue weighted by Gasteiger charge is -2.22. The van der Waals surface area contributed by atoms with E-state index in [2.05, 4.69) is 33.8 Å². The van der Waals surface area contributed by atoms with Crippen molar-refractivity contribution in [2.75, 3.05) is 18.5 Å². The smallest absolute Gasteiger partial charge is 0.221 e. The molecular weight excluding hydrogens is 248 g/mol. The molecular formula is C12H16N4OS. The first-order valence-corrected chi connectivity index (χ1v) is 7.00. The standard InChI is InChI=1S/C12H16N4OS/c1-8-3-5-18-10(8)11-14-12-13-6-9(2-4-17)7-16(12)15-11/h3,5,9,17H,2,4,6-7H2,1H3,(H,13,14,15). The topological polar surface area (TPSA) is 63.0 Å². The van der Waals surface area contributed by atoms with Gasteiger partial charge in [-0.3, -0.25) is 0 Å². The maximum atomic E-state index is 8.99. The summed E-state index contributed by atoms with van der Waals surface area (Å²) in [5, 5.41) is 18.9. The molecule has 5 nitrogen and oxygen atoms in total. The van der Waals surface area contributed by atoms with E-state index in [4.69, 9.17) is 5.11 Å². The highest BCUT2D eigenvalue weighted by molar-refractivity contribution is 7.13. The van der Waals surface area contributed by atoms with Crippen molar-refractivity contribution in [3.05, 3.63) is 17.0 Å². The second-order valence-electron chi connectivity index (χ2n) is 4.63. The van der Waals surface area contributed by atoms with Crippen molar-refractivity contribution in [2.24, 2.45) is 5.92 Å². The number of aliphatic hydroxyl groups is 1. The Labute approximate surface area is 109 Å². The highest BCUT2D eigenvalue weighted by Gasteiger charge is 2.21. The molecule has 1 atom stereocenters. The lowest BCUT2D eigenvalue weighted by atomic mass is 10.1. The third kappa shape index (κ3) is 2.02. The normalized spacial score (nSPS) is 18.4. The van der Waals surface area contributed by atoms with Gasteiger partial charge >= 0.3 is 0 Å². The molecule has 18 heavy (non-hydrogen) atoms. The molecule has 3 rings (SSSR count). The first-order valence-electron chi connectivity index (χ1n) is 6.12. The number of nitrogens with one attached hydrogen (secondary N) is 1. The van der Waals surface area contributed by atoms with E-state index in [0.29, 0.717) is 5.92 Å². The van der Waals surface area contributed by atoms with E-state index in [1.807, 2.05) is 4.68 Å². The van der Waals surface area contributed by atoms with Gasteiger partial charge in [-0.2, -0.15) is 4.98 Å². The minimum atomic E-state index is 0.229. The van der Waals surface area contributed by atoms with Crippen LogP contribution in [-0.4, -0.2) is 33.0 Å². The third-order valence-corrected chi connectivity index (χ3v) is 4.27. The van der Waals surface area contributed by atoms with Crippen molar-refractivity contribution < 1.29 is 5.11 Å². The Morgan fingerprint density at radius 1 is 1.61 bits per heavy atom. The van der Waals surface area contributed by atoms with Gasteiger partial charge in [0.2, 0.25) is 5.95 Å². The van der Waals surface area contributed by atoms with E-state index in [9.17, 15) is 0 Å². The van der Waals surface area contributed by atoms with Gasteiger partial charge in [-0.25, -0.2) is 4.68 Å². The molecule has 3 heterocycles. The lowest BCUT2D eigenvalue weighted by Crippen LogP contribution is -2.28. The van der Waals surface area contributed by atoms with Crippen LogP contribution >= 0.6 is 11.3 Å². The second kappa shape index (κ2) is 4.70. The molecule has 1 aliphatic rings. The molecule has 0 amide bonds. The Morgan fingerprint density at radius 2 is 2.50 bits per heavy atom. The van der Waals surface area contributed by atoms with Gasteiger partial charge in [0.05, 0.1) is 4.88 Å². The molecule has 0 aliphatic carbocycles. The van der Waals surface area contributed by atoms with Crippen molar-refractivity contribution in [3.63, 3.8) is 0 Å². The Bertz CT molecular complexity index is 548. The Hall–Kier alpha value is -1.40. The number of hydrogen-bond donors (Lipinski definition) is 2. The number of rotatable bonds is 3. The zero-order valence-corrected chi connectivity index (χ0v) is 11.1. The lowest BCUT2D eigenvalue weighted by molar-refractivity contribution is 0.244. The Morgan fingerprint density at radius 3 is 3.22 bits per heavy atom. The van der Waals surface area contributed by atoms with Gasteiger partial charge in [-0.1, -0.05) is 0 Å². The van der Waals surface area contributed by atoms with Gasteiger partial charge in [-0.15, -0.1) is 16.4 Å². The van der Waals surface area contributed by atoms with Gasteiger partial charge in [0.1, 0.15) is 0 Å². The molecule has 6 heteroatoms. The number of aryl methyl sites for hydroxylation is 1. The second-order valence-corrected chi connectivity index (χ2v) is 5.55. The van der Waals surface area contributed by atoms with Crippen LogP contribution in [-0.2, 0) is 6.54 Å². The van der Waals surface area contributed by atoms with Crippen LogP contribution in [0.25, 0.3) is 10.7 Å². The highest BCUT2D eigenvalue weighted by atomic mass is 32.1. The molecule has 2 aromatic rings. The quantitative estimate of drug-likeness (QED) is 0.886. The molecule has 0 aromatic carbocycles. The fourth-order valence-electron chi connectivity index (χ4n) is 2.22. The Balaban J connectivity index is 1.87. The first-order chi connectivity index (χ1) is 8.78. The monoisotopic (exact) mass is 264 g/mol. The average Bonchev–Trinajstić information content (AvgIpc) is 2.94. The molecule has 0 spiro atoms. The first kappa shape index (κ1) is 11.7. The van der Waals surface area contributed by atoms with Gasteiger partial charge in [0, 0.05) is 19.7 Å². The molecule has 2 aromatic heterocycles. The molecule has 96 valence electrons. The summed E-state index contributed by atoms with van der Waals surface area (Å²) in [6.07, 6.45) is 0.805. The summed E-state index contributed by atoms with van der Waals surface area (Å²) in [6, 6.07) is 2.09. The van der Waals surface area contributed by atoms with E-state index < -0.39 is 0 Å². The summed E-state index contributed by atoms with van der Waals surface area (Å²) in [5.41, 5.74) is 1.22. The van der Waals surface area contributed by atoms with Crippen molar-refractivity contribution in [1.82, 2.24) is 14.8 Å². The number of anilines is 1. The van der Waals surface area contributed by atoms with Crippen molar-refractivity contribution in [3.8, 4) is 10.7 Å². The van der Waals surface area contributed by atoms with Crippen molar-refractivity contribution in [2.45, 2.75) is 19.9 Å². The minimum absolute atomic E-state index is 0.229. The molecule has 0 saturated carbocycles. The maximum Gasteiger partial charge on any atom is 0.221 e. The summed E-state index contributed by atoms with van der Waals surface area (Å²) < 4.78 is 1.92. The van der Waals surface area contributed by atoms with Gasteiger partial charge in [-0.05, 0) is 36.3 Å². The summed E-state index contributed by atoms with van der Waals surface area (Å²) in [5.74, 6) is 2.07. The van der Waals surface area contributed by atoms with Crippen LogP contribution in [0.4, 0.5) is 5.95 Å². The van der Waals surface area contributed by atoms with Crippen LogP contribution < -0.4 is 5.32 Å². The number of aromatic nitrogens is 3. The molecule has 0 radical (unpaired) electrons. The fraction of sp³-hybridized carbons (Fsp3) is 0.500. The third-order valence-electron chi connectivity index (χ3n) is 3.25. The van der Waals surface area contributed by atoms with Crippen LogP contribution in [0.15, 0.2) is 11.4 Å². The molecule has 0 saturated heterocycles. The number of hydrogen-bond acceptors (Lipinski definition) is 5. The summed E-state index contributed by atoms with van der Waals surface area (Å²) >= 11 is 1.67. The van der Waals surface area contributed by atoms with Crippen LogP contribution in [0.2, 0.25) is 0 Å². The predicted octanol–water partition coefficient (Wildman–Crippen LogP) is 1.74. The summed E-state index contributed by atoms with van der Waals surface area (Å²) in [6.45, 7) is 4.00. The minimum Gasteiger partial charge on any atom is -0.396 e. The summed E-state index contributed by atoms with van der Waals surface area (Å²) in [4.78, 5) is 5.67. The molecule has 1 aliphatic heterocycles. The predicted molar refractivity (Wildman–Crippen MR) is 71.8 cm³/mol. The largest absolute Gasteiger partial charge is 0.396 e. The molecule has 0 fully saturated rings. The number of thiophene rings is 1. The van der Waals surface area contributed by atoms with Gasteiger partial charge in [0.25, 0.3) is 0 Å². The van der Waals surface area contributed by atoms with E-state index in [-0.39, 0.29) is 6.61 Å². The fourth-order valence-corrected chi connectivity index (χ4v) is 3.07. The number of nitrogens with zero attached hydrogens (tertiary/aromatic N) is 3. The maximum absolute atomic E-state index is 8.99. The molecule has 0 bridgehead atoms. The van der Waals surface area contributed by atoms with Crippen LogP contribution in [0.3, 0.4) is 0 Å². The summed E-state index contributed by atoms with van der Waals surface area (Å²) in [7, 11) is 0. The van der Waals surface area contributed by atoms with Gasteiger partial charge in [0.15, 0.2) is 5.82 Å². The molecule has 2 N–H and O–H groups in total. The van der Waals surface area contributed by atoms with Gasteiger partial charge < -0.3 is 10.4 Å². The van der Waals surface area contributed by atoms with Crippen LogP contribution in [0.5, 0.6) is 0 Å². The zero-order valence-electron chi connectivity index (χ0n) is 10.3.